The molecule has 0 amide bonds. The minimum Gasteiger partial charge on any atom is -0.494 e. The third-order valence-electron chi connectivity index (χ3n) is 3.42. The van der Waals surface area contributed by atoms with Crippen LogP contribution in [0.2, 0.25) is 0 Å². The van der Waals surface area contributed by atoms with Gasteiger partial charge < -0.3 is 20.3 Å². The van der Waals surface area contributed by atoms with E-state index in [2.05, 4.69) is 54.5 Å². The molecule has 0 aliphatic heterocycles. The molecular weight excluding hydrogens is 415 g/mol. The fourth-order valence-corrected chi connectivity index (χ4v) is 2.58. The van der Waals surface area contributed by atoms with Crippen LogP contribution in [-0.2, 0) is 6.54 Å². The SMILES string of the molecule is CCOc1ccccc1CNC(=NC)NCC(C)(C)CN(C)C.I. The van der Waals surface area contributed by atoms with Crippen molar-refractivity contribution in [2.75, 3.05) is 40.8 Å². The van der Waals surface area contributed by atoms with Crippen LogP contribution in [0.3, 0.4) is 0 Å². The van der Waals surface area contributed by atoms with Gasteiger partial charge in [-0.1, -0.05) is 32.0 Å². The van der Waals surface area contributed by atoms with Crippen molar-refractivity contribution in [3.8, 4) is 5.75 Å². The normalized spacial score (nSPS) is 11.9. The number of nitrogens with zero attached hydrogens (tertiary/aromatic N) is 2. The van der Waals surface area contributed by atoms with Crippen molar-refractivity contribution in [3.05, 3.63) is 29.8 Å². The van der Waals surface area contributed by atoms with Crippen LogP contribution in [0.5, 0.6) is 5.75 Å². The van der Waals surface area contributed by atoms with Gasteiger partial charge >= 0.3 is 0 Å². The molecule has 1 rings (SSSR count). The molecule has 0 atom stereocenters. The van der Waals surface area contributed by atoms with E-state index in [1.54, 1.807) is 7.05 Å². The number of benzene rings is 1. The van der Waals surface area contributed by atoms with Gasteiger partial charge in [0, 0.05) is 32.2 Å². The summed E-state index contributed by atoms with van der Waals surface area (Å²) in [6.07, 6.45) is 0. The van der Waals surface area contributed by atoms with Crippen LogP contribution in [0.1, 0.15) is 26.3 Å². The Morgan fingerprint density at radius 1 is 1.21 bits per heavy atom. The summed E-state index contributed by atoms with van der Waals surface area (Å²) < 4.78 is 5.66. The van der Waals surface area contributed by atoms with Gasteiger partial charge in [0.05, 0.1) is 6.61 Å². The van der Waals surface area contributed by atoms with Crippen LogP contribution in [0.25, 0.3) is 0 Å². The maximum atomic E-state index is 5.66. The van der Waals surface area contributed by atoms with Crippen LogP contribution < -0.4 is 15.4 Å². The van der Waals surface area contributed by atoms with Gasteiger partial charge in [0.15, 0.2) is 5.96 Å². The van der Waals surface area contributed by atoms with Crippen molar-refractivity contribution >= 4 is 29.9 Å². The van der Waals surface area contributed by atoms with Crippen molar-refractivity contribution in [3.63, 3.8) is 0 Å². The first-order valence-electron chi connectivity index (χ1n) is 8.18. The zero-order chi connectivity index (χ0) is 17.3. The number of ether oxygens (including phenoxy) is 1. The monoisotopic (exact) mass is 448 g/mol. The fourth-order valence-electron chi connectivity index (χ4n) is 2.58. The molecule has 0 spiro atoms. The summed E-state index contributed by atoms with van der Waals surface area (Å²) in [6, 6.07) is 8.08. The van der Waals surface area contributed by atoms with E-state index in [0.29, 0.717) is 13.2 Å². The molecule has 0 unspecified atom stereocenters. The number of hydrogen-bond acceptors (Lipinski definition) is 3. The van der Waals surface area contributed by atoms with Gasteiger partial charge in [0.1, 0.15) is 5.75 Å². The van der Waals surface area contributed by atoms with Gasteiger partial charge in [0.2, 0.25) is 0 Å². The van der Waals surface area contributed by atoms with E-state index in [9.17, 15) is 0 Å². The Bertz CT molecular complexity index is 504. The zero-order valence-corrected chi connectivity index (χ0v) is 18.2. The molecular formula is C18H33IN4O. The van der Waals surface area contributed by atoms with Gasteiger partial charge in [-0.25, -0.2) is 0 Å². The van der Waals surface area contributed by atoms with Gasteiger partial charge in [0.25, 0.3) is 0 Å². The Labute approximate surface area is 164 Å². The molecule has 0 aliphatic carbocycles. The predicted octanol–water partition coefficient (Wildman–Crippen LogP) is 2.96. The molecule has 5 nitrogen and oxygen atoms in total. The summed E-state index contributed by atoms with van der Waals surface area (Å²) in [5, 5.41) is 6.76. The summed E-state index contributed by atoms with van der Waals surface area (Å²) in [7, 11) is 5.99. The van der Waals surface area contributed by atoms with Gasteiger partial charge in [-0.05, 0) is 32.5 Å². The average molecular weight is 448 g/mol. The molecule has 0 heterocycles. The number of rotatable bonds is 8. The predicted molar refractivity (Wildman–Crippen MR) is 114 cm³/mol. The van der Waals surface area contributed by atoms with E-state index in [4.69, 9.17) is 4.74 Å². The van der Waals surface area contributed by atoms with Crippen LogP contribution in [0, 0.1) is 5.41 Å². The molecule has 0 saturated carbocycles. The molecule has 6 heteroatoms. The van der Waals surface area contributed by atoms with E-state index in [0.717, 1.165) is 30.4 Å². The largest absolute Gasteiger partial charge is 0.494 e. The van der Waals surface area contributed by atoms with Gasteiger partial charge in [-0.15, -0.1) is 24.0 Å². The van der Waals surface area contributed by atoms with Crippen molar-refractivity contribution in [2.24, 2.45) is 10.4 Å². The Kier molecular flexibility index (Phi) is 11.0. The maximum absolute atomic E-state index is 5.66. The van der Waals surface area contributed by atoms with E-state index in [1.807, 2.05) is 25.1 Å². The molecule has 0 saturated heterocycles. The molecule has 24 heavy (non-hydrogen) atoms. The van der Waals surface area contributed by atoms with Crippen molar-refractivity contribution < 1.29 is 4.74 Å². The van der Waals surface area contributed by atoms with Gasteiger partial charge in [-0.3, -0.25) is 4.99 Å². The lowest BCUT2D eigenvalue weighted by Crippen LogP contribution is -2.44. The van der Waals surface area contributed by atoms with Crippen molar-refractivity contribution in [1.82, 2.24) is 15.5 Å². The lowest BCUT2D eigenvalue weighted by molar-refractivity contribution is 0.241. The van der Waals surface area contributed by atoms with E-state index < -0.39 is 0 Å². The number of halogens is 1. The first-order chi connectivity index (χ1) is 10.9. The number of nitrogens with one attached hydrogen (secondary N) is 2. The lowest BCUT2D eigenvalue weighted by atomic mass is 9.93. The van der Waals surface area contributed by atoms with Crippen LogP contribution in [0.15, 0.2) is 29.3 Å². The Morgan fingerprint density at radius 3 is 2.46 bits per heavy atom. The molecule has 2 N–H and O–H groups in total. The highest BCUT2D eigenvalue weighted by molar-refractivity contribution is 14.0. The smallest absolute Gasteiger partial charge is 0.191 e. The minimum absolute atomic E-state index is 0. The third-order valence-corrected chi connectivity index (χ3v) is 3.42. The first kappa shape index (κ1) is 23.0. The molecule has 0 radical (unpaired) electrons. The summed E-state index contributed by atoms with van der Waals surface area (Å²) in [6.45, 7) is 9.72. The second-order valence-corrected chi connectivity index (χ2v) is 6.72. The standard InChI is InChI=1S/C18H32N4O.HI/c1-7-23-16-11-9-8-10-15(16)12-20-17(19-4)21-13-18(2,3)14-22(5)6;/h8-11H,7,12-14H2,1-6H3,(H2,19,20,21);1H. The minimum atomic E-state index is 0. The Balaban J connectivity index is 0.00000529. The number of para-hydroxylation sites is 1. The van der Waals surface area contributed by atoms with Gasteiger partial charge in [-0.2, -0.15) is 0 Å². The highest BCUT2D eigenvalue weighted by atomic mass is 127. The molecule has 1 aromatic rings. The Hall–Kier alpha value is -1.02. The summed E-state index contributed by atoms with van der Waals surface area (Å²) in [4.78, 5) is 6.51. The topological polar surface area (TPSA) is 48.9 Å². The van der Waals surface area contributed by atoms with Crippen molar-refractivity contribution in [2.45, 2.75) is 27.3 Å². The fraction of sp³-hybridized carbons (Fsp3) is 0.611. The first-order valence-corrected chi connectivity index (χ1v) is 8.18. The lowest BCUT2D eigenvalue weighted by Gasteiger charge is -2.29. The van der Waals surface area contributed by atoms with Crippen LogP contribution in [0.4, 0.5) is 0 Å². The highest BCUT2D eigenvalue weighted by Gasteiger charge is 2.19. The number of hydrogen-bond donors (Lipinski definition) is 2. The molecule has 1 aromatic carbocycles. The van der Waals surface area contributed by atoms with E-state index in [1.165, 1.54) is 0 Å². The van der Waals surface area contributed by atoms with Crippen LogP contribution >= 0.6 is 24.0 Å². The molecule has 0 bridgehead atoms. The Morgan fingerprint density at radius 2 is 1.88 bits per heavy atom. The molecule has 138 valence electrons. The third kappa shape index (κ3) is 8.73. The second kappa shape index (κ2) is 11.5. The summed E-state index contributed by atoms with van der Waals surface area (Å²) >= 11 is 0. The number of aliphatic imine (C=N–C) groups is 1. The van der Waals surface area contributed by atoms with Crippen molar-refractivity contribution in [1.29, 1.82) is 0 Å². The summed E-state index contributed by atoms with van der Waals surface area (Å²) in [5.74, 6) is 1.73. The molecule has 0 fully saturated rings. The van der Waals surface area contributed by atoms with E-state index >= 15 is 0 Å². The second-order valence-electron chi connectivity index (χ2n) is 6.72. The van der Waals surface area contributed by atoms with Crippen LogP contribution in [-0.4, -0.2) is 51.7 Å². The summed E-state index contributed by atoms with van der Waals surface area (Å²) in [5.41, 5.74) is 1.30. The number of guanidine groups is 1. The maximum Gasteiger partial charge on any atom is 0.191 e. The molecule has 0 aliphatic rings. The zero-order valence-electron chi connectivity index (χ0n) is 15.8. The van der Waals surface area contributed by atoms with E-state index in [-0.39, 0.29) is 29.4 Å². The highest BCUT2D eigenvalue weighted by Crippen LogP contribution is 2.17. The average Bonchev–Trinajstić information content (AvgIpc) is 2.48. The molecule has 0 aromatic heterocycles. The quantitative estimate of drug-likeness (QED) is 0.365.